The van der Waals surface area contributed by atoms with Crippen LogP contribution < -0.4 is 5.32 Å². The molecule has 0 radical (unpaired) electrons. The second-order valence-corrected chi connectivity index (χ2v) is 2.69. The summed E-state index contributed by atoms with van der Waals surface area (Å²) in [4.78, 5) is 0. The van der Waals surface area contributed by atoms with E-state index in [-0.39, 0.29) is 0 Å². The van der Waals surface area contributed by atoms with Crippen LogP contribution in [0.2, 0.25) is 0 Å². The molecule has 0 aliphatic rings. The van der Waals surface area contributed by atoms with Gasteiger partial charge in [0.2, 0.25) is 0 Å². The van der Waals surface area contributed by atoms with Crippen molar-refractivity contribution < 1.29 is 0 Å². The van der Waals surface area contributed by atoms with Crippen molar-refractivity contribution in [3.05, 3.63) is 0 Å². The first kappa shape index (κ1) is 10.5. The first-order valence-corrected chi connectivity index (χ1v) is 4.48. The van der Waals surface area contributed by atoms with Crippen LogP contribution in [0.3, 0.4) is 0 Å². The van der Waals surface area contributed by atoms with Crippen LogP contribution in [0.4, 0.5) is 0 Å². The van der Waals surface area contributed by atoms with E-state index in [0.717, 1.165) is 13.0 Å². The molecule has 0 saturated carbocycles. The maximum Gasteiger partial charge on any atom is 0.0243 e. The first-order valence-electron chi connectivity index (χ1n) is 4.48. The van der Waals surface area contributed by atoms with E-state index in [1.165, 1.54) is 12.8 Å². The highest BCUT2D eigenvalue weighted by Crippen LogP contribution is 1.95. The van der Waals surface area contributed by atoms with Crippen molar-refractivity contribution in [2.24, 2.45) is 0 Å². The third-order valence-corrected chi connectivity index (χ3v) is 1.70. The molecule has 11 heavy (non-hydrogen) atoms. The minimum Gasteiger partial charge on any atom is -0.313 e. The molecule has 1 atom stereocenters. The molecule has 0 spiro atoms. The van der Waals surface area contributed by atoms with Crippen molar-refractivity contribution in [3.63, 3.8) is 0 Å². The molecule has 0 aliphatic heterocycles. The van der Waals surface area contributed by atoms with Gasteiger partial charge in [-0.2, -0.15) is 0 Å². The molecule has 1 unspecified atom stereocenters. The smallest absolute Gasteiger partial charge is 0.0243 e. The zero-order valence-corrected chi connectivity index (χ0v) is 7.91. The maximum absolute atomic E-state index is 3.45. The first-order chi connectivity index (χ1) is 5.35. The van der Waals surface area contributed by atoms with Gasteiger partial charge < -0.3 is 5.32 Å². The molecule has 0 heterocycles. The third kappa shape index (κ3) is 5.94. The highest BCUT2D eigenvalue weighted by atomic mass is 14.9. The van der Waals surface area contributed by atoms with Crippen LogP contribution >= 0.6 is 0 Å². The van der Waals surface area contributed by atoms with E-state index < -0.39 is 0 Å². The summed E-state index contributed by atoms with van der Waals surface area (Å²) in [6, 6.07) is 0.599. The van der Waals surface area contributed by atoms with E-state index in [0.29, 0.717) is 6.04 Å². The van der Waals surface area contributed by atoms with Crippen molar-refractivity contribution in [2.45, 2.75) is 46.1 Å². The topological polar surface area (TPSA) is 12.0 Å². The number of hydrogen-bond donors (Lipinski definition) is 1. The van der Waals surface area contributed by atoms with Crippen LogP contribution in [0.15, 0.2) is 0 Å². The van der Waals surface area contributed by atoms with Gasteiger partial charge >= 0.3 is 0 Å². The zero-order valence-electron chi connectivity index (χ0n) is 7.91. The zero-order chi connectivity index (χ0) is 8.53. The molecule has 0 bridgehead atoms. The molecule has 0 saturated heterocycles. The second-order valence-electron chi connectivity index (χ2n) is 2.69. The fraction of sp³-hybridized carbons (Fsp3) is 0.800. The van der Waals surface area contributed by atoms with Gasteiger partial charge in [0.25, 0.3) is 0 Å². The monoisotopic (exact) mass is 153 g/mol. The van der Waals surface area contributed by atoms with E-state index in [1.54, 1.807) is 0 Å². The summed E-state index contributed by atoms with van der Waals surface area (Å²) >= 11 is 0. The van der Waals surface area contributed by atoms with Crippen molar-refractivity contribution in [2.75, 3.05) is 6.54 Å². The lowest BCUT2D eigenvalue weighted by molar-refractivity contribution is 0.506. The SMILES string of the molecule is CC#CCC(CC)NCCC. The summed E-state index contributed by atoms with van der Waals surface area (Å²) in [7, 11) is 0. The van der Waals surface area contributed by atoms with E-state index in [9.17, 15) is 0 Å². The standard InChI is InChI=1S/C10H19N/c1-4-7-8-10(6-3)11-9-5-2/h10-11H,5-6,8-9H2,1-3H3. The average Bonchev–Trinajstić information content (AvgIpc) is 2.05. The molecule has 64 valence electrons. The van der Waals surface area contributed by atoms with Gasteiger partial charge in [-0.3, -0.25) is 0 Å². The lowest BCUT2D eigenvalue weighted by Gasteiger charge is -2.12. The molecule has 0 fully saturated rings. The fourth-order valence-corrected chi connectivity index (χ4v) is 0.935. The van der Waals surface area contributed by atoms with Gasteiger partial charge in [0, 0.05) is 12.5 Å². The van der Waals surface area contributed by atoms with E-state index in [2.05, 4.69) is 31.0 Å². The average molecular weight is 153 g/mol. The Bertz CT molecular complexity index is 130. The quantitative estimate of drug-likeness (QED) is 0.597. The van der Waals surface area contributed by atoms with E-state index >= 15 is 0 Å². The van der Waals surface area contributed by atoms with Gasteiger partial charge in [-0.15, -0.1) is 11.8 Å². The Labute approximate surface area is 70.6 Å². The predicted octanol–water partition coefficient (Wildman–Crippen LogP) is 2.18. The maximum atomic E-state index is 3.45. The molecule has 1 N–H and O–H groups in total. The molecular weight excluding hydrogens is 134 g/mol. The molecule has 0 aliphatic carbocycles. The summed E-state index contributed by atoms with van der Waals surface area (Å²) in [6.45, 7) is 7.40. The van der Waals surface area contributed by atoms with Crippen LogP contribution in [-0.2, 0) is 0 Å². The summed E-state index contributed by atoms with van der Waals surface area (Å²) < 4.78 is 0. The van der Waals surface area contributed by atoms with Gasteiger partial charge in [0.15, 0.2) is 0 Å². The van der Waals surface area contributed by atoms with Crippen molar-refractivity contribution in [3.8, 4) is 11.8 Å². The highest BCUT2D eigenvalue weighted by molar-refractivity contribution is 4.97. The third-order valence-electron chi connectivity index (χ3n) is 1.70. The van der Waals surface area contributed by atoms with Crippen molar-refractivity contribution >= 4 is 0 Å². The lowest BCUT2D eigenvalue weighted by Crippen LogP contribution is -2.28. The largest absolute Gasteiger partial charge is 0.313 e. The minimum absolute atomic E-state index is 0.599. The van der Waals surface area contributed by atoms with Crippen LogP contribution in [0.25, 0.3) is 0 Å². The summed E-state index contributed by atoms with van der Waals surface area (Å²) in [6.07, 6.45) is 3.37. The fourth-order valence-electron chi connectivity index (χ4n) is 0.935. The molecule has 0 aromatic carbocycles. The Balaban J connectivity index is 3.46. The molecule has 1 heteroatoms. The number of rotatable bonds is 5. The lowest BCUT2D eigenvalue weighted by atomic mass is 10.1. The molecule has 0 amide bonds. The van der Waals surface area contributed by atoms with Gasteiger partial charge in [-0.05, 0) is 26.3 Å². The Morgan fingerprint density at radius 2 is 2.09 bits per heavy atom. The molecule has 0 aromatic heterocycles. The summed E-state index contributed by atoms with van der Waals surface area (Å²) in [5.74, 6) is 6.01. The predicted molar refractivity (Wildman–Crippen MR) is 50.4 cm³/mol. The van der Waals surface area contributed by atoms with E-state index in [1.807, 2.05) is 6.92 Å². The van der Waals surface area contributed by atoms with Crippen LogP contribution in [0.5, 0.6) is 0 Å². The minimum atomic E-state index is 0.599. The Morgan fingerprint density at radius 1 is 1.36 bits per heavy atom. The second kappa shape index (κ2) is 7.63. The Morgan fingerprint density at radius 3 is 2.55 bits per heavy atom. The molecule has 0 rings (SSSR count). The summed E-state index contributed by atoms with van der Waals surface area (Å²) in [5, 5.41) is 3.45. The molecule has 1 nitrogen and oxygen atoms in total. The Hall–Kier alpha value is -0.480. The van der Waals surface area contributed by atoms with Crippen molar-refractivity contribution in [1.82, 2.24) is 5.32 Å². The van der Waals surface area contributed by atoms with Crippen LogP contribution in [0, 0.1) is 11.8 Å². The number of hydrogen-bond acceptors (Lipinski definition) is 1. The Kier molecular flexibility index (Phi) is 7.29. The van der Waals surface area contributed by atoms with Gasteiger partial charge in [-0.25, -0.2) is 0 Å². The molecule has 0 aromatic rings. The summed E-state index contributed by atoms with van der Waals surface area (Å²) in [5.41, 5.74) is 0. The van der Waals surface area contributed by atoms with Gasteiger partial charge in [-0.1, -0.05) is 13.8 Å². The van der Waals surface area contributed by atoms with Gasteiger partial charge in [0.1, 0.15) is 0 Å². The number of nitrogens with one attached hydrogen (secondary N) is 1. The normalized spacial score (nSPS) is 11.9. The van der Waals surface area contributed by atoms with Crippen LogP contribution in [0.1, 0.15) is 40.0 Å². The van der Waals surface area contributed by atoms with Crippen molar-refractivity contribution in [1.29, 1.82) is 0 Å². The molecular formula is C10H19N. The van der Waals surface area contributed by atoms with E-state index in [4.69, 9.17) is 0 Å². The highest BCUT2D eigenvalue weighted by Gasteiger charge is 2.00. The van der Waals surface area contributed by atoms with Crippen LogP contribution in [-0.4, -0.2) is 12.6 Å². The van der Waals surface area contributed by atoms with Gasteiger partial charge in [0.05, 0.1) is 0 Å².